The second-order valence-corrected chi connectivity index (χ2v) is 10.5. The highest BCUT2D eigenvalue weighted by molar-refractivity contribution is 6.06. The number of aromatic nitrogens is 4. The number of amides is 2. The number of para-hydroxylation sites is 1. The number of aryl methyl sites for hydroxylation is 1. The second kappa shape index (κ2) is 12.5. The molecule has 3 aromatic heterocycles. The van der Waals surface area contributed by atoms with E-state index in [1.807, 2.05) is 36.4 Å². The first-order valence-corrected chi connectivity index (χ1v) is 14.4. The van der Waals surface area contributed by atoms with Crippen LogP contribution >= 0.6 is 0 Å². The van der Waals surface area contributed by atoms with Gasteiger partial charge in [0.05, 0.1) is 46.0 Å². The van der Waals surface area contributed by atoms with E-state index in [0.717, 1.165) is 11.8 Å². The largest absolute Gasteiger partial charge is 0.368 e. The molecule has 1 fully saturated rings. The van der Waals surface area contributed by atoms with Gasteiger partial charge in [-0.2, -0.15) is 0 Å². The summed E-state index contributed by atoms with van der Waals surface area (Å²) in [7, 11) is 0. The van der Waals surface area contributed by atoms with E-state index >= 15 is 0 Å². The average Bonchev–Trinajstić information content (AvgIpc) is 3.58. The van der Waals surface area contributed by atoms with Gasteiger partial charge in [-0.1, -0.05) is 36.1 Å². The Balaban J connectivity index is 1.37. The molecule has 1 aliphatic heterocycles. The Labute approximate surface area is 253 Å². The molecule has 2 N–H and O–H groups in total. The summed E-state index contributed by atoms with van der Waals surface area (Å²) in [6.45, 7) is 4.25. The highest BCUT2D eigenvalue weighted by Gasteiger charge is 2.24. The average molecular weight is 587 g/mol. The lowest BCUT2D eigenvalue weighted by atomic mass is 10.1. The minimum atomic E-state index is -0.666. The molecule has 0 aliphatic carbocycles. The lowest BCUT2D eigenvalue weighted by molar-refractivity contribution is -0.129. The molecule has 0 bridgehead atoms. The maximum absolute atomic E-state index is 14.2. The Bertz CT molecular complexity index is 2010. The van der Waals surface area contributed by atoms with Gasteiger partial charge in [-0.25, -0.2) is 4.98 Å². The second-order valence-electron chi connectivity index (χ2n) is 10.5. The lowest BCUT2D eigenvalue weighted by Crippen LogP contribution is -2.34. The van der Waals surface area contributed by atoms with E-state index in [0.29, 0.717) is 57.8 Å². The van der Waals surface area contributed by atoms with Gasteiger partial charge in [-0.3, -0.25) is 28.9 Å². The Morgan fingerprint density at radius 3 is 2.73 bits per heavy atom. The minimum Gasteiger partial charge on any atom is -0.368 e. The fourth-order valence-corrected chi connectivity index (χ4v) is 5.38. The molecule has 220 valence electrons. The van der Waals surface area contributed by atoms with Crippen molar-refractivity contribution in [2.45, 2.75) is 38.8 Å². The molecule has 2 aromatic carbocycles. The quantitative estimate of drug-likeness (QED) is 0.290. The summed E-state index contributed by atoms with van der Waals surface area (Å²) in [5, 5.41) is 6.89. The summed E-state index contributed by atoms with van der Waals surface area (Å²) in [4.78, 5) is 53.8. The topological polar surface area (TPSA) is 128 Å². The molecule has 1 unspecified atom stereocenters. The molecule has 44 heavy (non-hydrogen) atoms. The number of ether oxygens (including phenoxy) is 1. The van der Waals surface area contributed by atoms with Crippen LogP contribution < -0.4 is 16.2 Å². The third-order valence-electron chi connectivity index (χ3n) is 7.53. The third-order valence-corrected chi connectivity index (χ3v) is 7.53. The van der Waals surface area contributed by atoms with Crippen LogP contribution in [0.25, 0.3) is 27.5 Å². The number of hydrogen-bond donors (Lipinski definition) is 2. The van der Waals surface area contributed by atoms with Crippen molar-refractivity contribution in [1.29, 1.82) is 0 Å². The first kappa shape index (κ1) is 28.7. The predicted octanol–water partition coefficient (Wildman–Crippen LogP) is 3.78. The molecule has 5 aromatic rings. The molecule has 4 heterocycles. The number of benzene rings is 2. The number of nitrogens with one attached hydrogen (secondary N) is 2. The van der Waals surface area contributed by atoms with Crippen LogP contribution in [0.3, 0.4) is 0 Å². The minimum absolute atomic E-state index is 0.119. The van der Waals surface area contributed by atoms with E-state index in [1.54, 1.807) is 50.5 Å². The fourth-order valence-electron chi connectivity index (χ4n) is 5.38. The van der Waals surface area contributed by atoms with Gasteiger partial charge in [0.2, 0.25) is 5.91 Å². The van der Waals surface area contributed by atoms with Gasteiger partial charge in [-0.15, -0.1) is 0 Å². The number of pyridine rings is 2. The molecular weight excluding hydrogens is 556 g/mol. The van der Waals surface area contributed by atoms with Crippen LogP contribution in [-0.4, -0.2) is 50.6 Å². The highest BCUT2D eigenvalue weighted by Crippen LogP contribution is 2.22. The standard InChI is InChI=1S/C34H30N6O4/c1-21-28(30-24(20-37-21)12-8-17-35-30)33(42)38-22(2)31-39-26-15-6-10-23(11-7-18-36-32(41)27-16-9-19-44-27)29(26)34(43)40(31)25-13-4-3-5-14-25/h3-6,8,10,12-15,17,20,22,27H,9,16,18-19H2,1-2H3,(H,36,41)(H,38,42)/t22?,27-/m1/s1. The molecule has 0 radical (unpaired) electrons. The van der Waals surface area contributed by atoms with E-state index in [-0.39, 0.29) is 23.9 Å². The Kier molecular flexibility index (Phi) is 8.12. The van der Waals surface area contributed by atoms with E-state index in [2.05, 4.69) is 32.4 Å². The molecular formula is C34H30N6O4. The van der Waals surface area contributed by atoms with Crippen LogP contribution in [0, 0.1) is 18.8 Å². The molecule has 2 amide bonds. The Morgan fingerprint density at radius 2 is 1.93 bits per heavy atom. The van der Waals surface area contributed by atoms with Crippen molar-refractivity contribution >= 4 is 33.6 Å². The van der Waals surface area contributed by atoms with Gasteiger partial charge in [0, 0.05) is 30.0 Å². The molecule has 6 rings (SSSR count). The van der Waals surface area contributed by atoms with Crippen molar-refractivity contribution in [3.05, 3.63) is 106 Å². The zero-order chi connectivity index (χ0) is 30.6. The smallest absolute Gasteiger partial charge is 0.267 e. The van der Waals surface area contributed by atoms with Crippen molar-refractivity contribution in [3.63, 3.8) is 0 Å². The monoisotopic (exact) mass is 586 g/mol. The molecule has 10 nitrogen and oxygen atoms in total. The molecule has 0 saturated carbocycles. The molecule has 1 aliphatic rings. The first-order chi connectivity index (χ1) is 21.4. The van der Waals surface area contributed by atoms with Gasteiger partial charge >= 0.3 is 0 Å². The van der Waals surface area contributed by atoms with Crippen LogP contribution in [0.1, 0.15) is 53.2 Å². The predicted molar refractivity (Wildman–Crippen MR) is 166 cm³/mol. The maximum Gasteiger partial charge on any atom is 0.267 e. The number of rotatable bonds is 6. The van der Waals surface area contributed by atoms with Gasteiger partial charge in [0.15, 0.2) is 0 Å². The highest BCUT2D eigenvalue weighted by atomic mass is 16.5. The molecule has 1 saturated heterocycles. The number of nitrogens with zero attached hydrogens (tertiary/aromatic N) is 4. The first-order valence-electron chi connectivity index (χ1n) is 14.4. The Morgan fingerprint density at radius 1 is 1.09 bits per heavy atom. The normalized spacial score (nSPS) is 15.0. The molecule has 2 atom stereocenters. The zero-order valence-electron chi connectivity index (χ0n) is 24.3. The van der Waals surface area contributed by atoms with Gasteiger partial charge in [0.25, 0.3) is 11.5 Å². The molecule has 10 heteroatoms. The van der Waals surface area contributed by atoms with Crippen LogP contribution in [0.5, 0.6) is 0 Å². The number of carbonyl (C=O) groups is 2. The van der Waals surface area contributed by atoms with Gasteiger partial charge in [-0.05, 0) is 63.1 Å². The van der Waals surface area contributed by atoms with Gasteiger partial charge < -0.3 is 15.4 Å². The summed E-state index contributed by atoms with van der Waals surface area (Å²) in [6.07, 6.45) is 4.45. The van der Waals surface area contributed by atoms with Crippen molar-refractivity contribution in [3.8, 4) is 17.5 Å². The van der Waals surface area contributed by atoms with E-state index < -0.39 is 12.1 Å². The van der Waals surface area contributed by atoms with Crippen LogP contribution in [-0.2, 0) is 9.53 Å². The van der Waals surface area contributed by atoms with Crippen LogP contribution in [0.2, 0.25) is 0 Å². The van der Waals surface area contributed by atoms with Crippen molar-refractivity contribution in [2.75, 3.05) is 13.2 Å². The summed E-state index contributed by atoms with van der Waals surface area (Å²) < 4.78 is 6.92. The zero-order valence-corrected chi connectivity index (χ0v) is 24.3. The number of fused-ring (bicyclic) bond motifs is 2. The van der Waals surface area contributed by atoms with Gasteiger partial charge in [0.1, 0.15) is 11.9 Å². The number of hydrogen-bond acceptors (Lipinski definition) is 7. The third kappa shape index (κ3) is 5.65. The van der Waals surface area contributed by atoms with E-state index in [1.165, 1.54) is 4.57 Å². The van der Waals surface area contributed by atoms with Crippen LogP contribution in [0.15, 0.2) is 77.9 Å². The molecule has 0 spiro atoms. The van der Waals surface area contributed by atoms with Crippen molar-refractivity contribution in [1.82, 2.24) is 30.2 Å². The maximum atomic E-state index is 14.2. The van der Waals surface area contributed by atoms with Crippen molar-refractivity contribution in [2.24, 2.45) is 0 Å². The lowest BCUT2D eigenvalue weighted by Gasteiger charge is -2.20. The van der Waals surface area contributed by atoms with E-state index in [4.69, 9.17) is 9.72 Å². The summed E-state index contributed by atoms with van der Waals surface area (Å²) in [5.41, 5.74) is 2.67. The van der Waals surface area contributed by atoms with E-state index in [9.17, 15) is 14.4 Å². The van der Waals surface area contributed by atoms with Crippen LogP contribution in [0.4, 0.5) is 0 Å². The summed E-state index contributed by atoms with van der Waals surface area (Å²) in [6, 6.07) is 17.4. The summed E-state index contributed by atoms with van der Waals surface area (Å²) in [5.74, 6) is 5.79. The fraction of sp³-hybridized carbons (Fsp3) is 0.235. The summed E-state index contributed by atoms with van der Waals surface area (Å²) >= 11 is 0. The van der Waals surface area contributed by atoms with Crippen molar-refractivity contribution < 1.29 is 14.3 Å². The Hall–Kier alpha value is -5.40. The number of carbonyl (C=O) groups excluding carboxylic acids is 2. The SMILES string of the molecule is Cc1ncc2cccnc2c1C(=O)NC(C)c1nc2cccc(C#CCNC(=O)[C@H]3CCCO3)c2c(=O)n1-c1ccccc1.